The van der Waals surface area contributed by atoms with E-state index < -0.39 is 6.04 Å². The Morgan fingerprint density at radius 2 is 2.37 bits per heavy atom. The predicted octanol–water partition coefficient (Wildman–Crippen LogP) is 2.26. The summed E-state index contributed by atoms with van der Waals surface area (Å²) in [4.78, 5) is 13.6. The van der Waals surface area contributed by atoms with Crippen LogP contribution >= 0.6 is 0 Å². The molecule has 4 nitrogen and oxygen atoms in total. The highest BCUT2D eigenvalue weighted by atomic mass is 16.3. The SMILES string of the molecule is C=CCC(N)C(=O)N(C)Cc1ccc(C2CC2C)o1. The minimum Gasteiger partial charge on any atom is -0.464 e. The van der Waals surface area contributed by atoms with Crippen LogP contribution in [0.1, 0.15) is 37.2 Å². The Hall–Kier alpha value is -1.55. The number of amides is 1. The van der Waals surface area contributed by atoms with Gasteiger partial charge in [0.25, 0.3) is 0 Å². The first-order valence-corrected chi connectivity index (χ1v) is 6.73. The minimum absolute atomic E-state index is 0.0855. The molecule has 3 atom stereocenters. The van der Waals surface area contributed by atoms with Crippen molar-refractivity contribution in [2.75, 3.05) is 7.05 Å². The van der Waals surface area contributed by atoms with Gasteiger partial charge in [-0.25, -0.2) is 0 Å². The van der Waals surface area contributed by atoms with Gasteiger partial charge in [0.15, 0.2) is 0 Å². The molecule has 4 heteroatoms. The lowest BCUT2D eigenvalue weighted by Gasteiger charge is -2.19. The van der Waals surface area contributed by atoms with E-state index in [1.807, 2.05) is 12.1 Å². The molecule has 0 saturated heterocycles. The van der Waals surface area contributed by atoms with E-state index >= 15 is 0 Å². The number of hydrogen-bond donors (Lipinski definition) is 1. The highest BCUT2D eigenvalue weighted by Crippen LogP contribution is 2.47. The smallest absolute Gasteiger partial charge is 0.239 e. The fourth-order valence-corrected chi connectivity index (χ4v) is 2.27. The van der Waals surface area contributed by atoms with Crippen LogP contribution in [0.3, 0.4) is 0 Å². The Labute approximate surface area is 114 Å². The average molecular weight is 262 g/mol. The molecule has 104 valence electrons. The molecule has 0 bridgehead atoms. The maximum atomic E-state index is 12.0. The highest BCUT2D eigenvalue weighted by Gasteiger charge is 2.36. The van der Waals surface area contributed by atoms with Crippen molar-refractivity contribution >= 4 is 5.91 Å². The zero-order valence-electron chi connectivity index (χ0n) is 11.6. The second kappa shape index (κ2) is 5.61. The van der Waals surface area contributed by atoms with Gasteiger partial charge in [-0.2, -0.15) is 0 Å². The molecule has 0 aromatic carbocycles. The van der Waals surface area contributed by atoms with Crippen LogP contribution in [-0.4, -0.2) is 23.9 Å². The van der Waals surface area contributed by atoms with E-state index in [9.17, 15) is 4.79 Å². The maximum absolute atomic E-state index is 12.0. The first-order valence-electron chi connectivity index (χ1n) is 6.73. The Bertz CT molecular complexity index is 466. The highest BCUT2D eigenvalue weighted by molar-refractivity contribution is 5.81. The van der Waals surface area contributed by atoms with E-state index in [1.54, 1.807) is 18.0 Å². The second-order valence-corrected chi connectivity index (χ2v) is 5.45. The van der Waals surface area contributed by atoms with E-state index in [4.69, 9.17) is 10.2 Å². The summed E-state index contributed by atoms with van der Waals surface area (Å²) in [6.07, 6.45) is 3.36. The molecule has 1 aliphatic rings. The summed E-state index contributed by atoms with van der Waals surface area (Å²) in [6, 6.07) is 3.45. The maximum Gasteiger partial charge on any atom is 0.239 e. The summed E-state index contributed by atoms with van der Waals surface area (Å²) >= 11 is 0. The molecule has 1 aliphatic carbocycles. The van der Waals surface area contributed by atoms with Gasteiger partial charge in [-0.1, -0.05) is 13.0 Å². The number of furan rings is 1. The molecule has 2 N–H and O–H groups in total. The second-order valence-electron chi connectivity index (χ2n) is 5.45. The molecule has 1 amide bonds. The Balaban J connectivity index is 1.91. The average Bonchev–Trinajstić information content (AvgIpc) is 2.92. The zero-order valence-corrected chi connectivity index (χ0v) is 11.6. The van der Waals surface area contributed by atoms with Gasteiger partial charge in [0.2, 0.25) is 5.91 Å². The largest absolute Gasteiger partial charge is 0.464 e. The van der Waals surface area contributed by atoms with Gasteiger partial charge in [-0.15, -0.1) is 6.58 Å². The number of carbonyl (C=O) groups is 1. The summed E-state index contributed by atoms with van der Waals surface area (Å²) in [5, 5.41) is 0. The van der Waals surface area contributed by atoms with Crippen molar-refractivity contribution in [3.63, 3.8) is 0 Å². The van der Waals surface area contributed by atoms with Gasteiger partial charge in [0.05, 0.1) is 12.6 Å². The van der Waals surface area contributed by atoms with Gasteiger partial charge in [0.1, 0.15) is 11.5 Å². The molecule has 3 unspecified atom stereocenters. The van der Waals surface area contributed by atoms with Crippen LogP contribution in [0.2, 0.25) is 0 Å². The number of rotatable bonds is 6. The summed E-state index contributed by atoms with van der Waals surface area (Å²) in [5.41, 5.74) is 5.77. The molecule has 1 saturated carbocycles. The lowest BCUT2D eigenvalue weighted by Crippen LogP contribution is -2.40. The van der Waals surface area contributed by atoms with Crippen molar-refractivity contribution in [3.05, 3.63) is 36.3 Å². The predicted molar refractivity (Wildman–Crippen MR) is 74.5 cm³/mol. The van der Waals surface area contributed by atoms with Crippen molar-refractivity contribution in [1.29, 1.82) is 0 Å². The third kappa shape index (κ3) is 3.26. The molecule has 19 heavy (non-hydrogen) atoms. The molecular formula is C15H22N2O2. The number of nitrogens with two attached hydrogens (primary N) is 1. The van der Waals surface area contributed by atoms with Crippen molar-refractivity contribution in [2.45, 2.75) is 38.3 Å². The third-order valence-electron chi connectivity index (χ3n) is 3.66. The summed E-state index contributed by atoms with van der Waals surface area (Å²) in [6.45, 7) is 6.28. The minimum atomic E-state index is -0.514. The fourth-order valence-electron chi connectivity index (χ4n) is 2.27. The van der Waals surface area contributed by atoms with E-state index in [2.05, 4.69) is 13.5 Å². The summed E-state index contributed by atoms with van der Waals surface area (Å²) in [7, 11) is 1.74. The Morgan fingerprint density at radius 1 is 1.68 bits per heavy atom. The van der Waals surface area contributed by atoms with Crippen LogP contribution < -0.4 is 5.73 Å². The van der Waals surface area contributed by atoms with Crippen molar-refractivity contribution in [3.8, 4) is 0 Å². The van der Waals surface area contributed by atoms with Gasteiger partial charge in [-0.05, 0) is 30.9 Å². The number of nitrogens with zero attached hydrogens (tertiary/aromatic N) is 1. The van der Waals surface area contributed by atoms with Gasteiger partial charge >= 0.3 is 0 Å². The van der Waals surface area contributed by atoms with Crippen LogP contribution in [0.5, 0.6) is 0 Å². The Kier molecular flexibility index (Phi) is 4.10. The first kappa shape index (κ1) is 13.9. The lowest BCUT2D eigenvalue weighted by atomic mass is 10.2. The topological polar surface area (TPSA) is 59.5 Å². The third-order valence-corrected chi connectivity index (χ3v) is 3.66. The number of hydrogen-bond acceptors (Lipinski definition) is 3. The van der Waals surface area contributed by atoms with Crippen LogP contribution in [-0.2, 0) is 11.3 Å². The molecule has 1 heterocycles. The normalized spacial score (nSPS) is 22.9. The van der Waals surface area contributed by atoms with E-state index in [1.165, 1.54) is 6.42 Å². The van der Waals surface area contributed by atoms with Crippen molar-refractivity contribution in [1.82, 2.24) is 4.90 Å². The summed E-state index contributed by atoms with van der Waals surface area (Å²) in [5.74, 6) is 3.06. The number of carbonyl (C=O) groups excluding carboxylic acids is 1. The Morgan fingerprint density at radius 3 is 2.95 bits per heavy atom. The molecule has 0 radical (unpaired) electrons. The first-order chi connectivity index (χ1) is 9.02. The van der Waals surface area contributed by atoms with Crippen LogP contribution in [0, 0.1) is 5.92 Å². The van der Waals surface area contributed by atoms with Crippen LogP contribution in [0.25, 0.3) is 0 Å². The van der Waals surface area contributed by atoms with E-state index in [-0.39, 0.29) is 5.91 Å². The molecule has 1 fully saturated rings. The zero-order chi connectivity index (χ0) is 14.0. The molecule has 1 aromatic rings. The summed E-state index contributed by atoms with van der Waals surface area (Å²) < 4.78 is 5.78. The molecule has 0 spiro atoms. The quantitative estimate of drug-likeness (QED) is 0.800. The lowest BCUT2D eigenvalue weighted by molar-refractivity contribution is -0.131. The molecule has 1 aromatic heterocycles. The fraction of sp³-hybridized carbons (Fsp3) is 0.533. The van der Waals surface area contributed by atoms with Crippen molar-refractivity contribution < 1.29 is 9.21 Å². The van der Waals surface area contributed by atoms with Crippen LogP contribution in [0.4, 0.5) is 0 Å². The van der Waals surface area contributed by atoms with Gasteiger partial charge < -0.3 is 15.1 Å². The molecule has 2 rings (SSSR count). The van der Waals surface area contributed by atoms with Gasteiger partial charge in [0, 0.05) is 13.0 Å². The van der Waals surface area contributed by atoms with Crippen LogP contribution in [0.15, 0.2) is 29.2 Å². The van der Waals surface area contributed by atoms with Crippen molar-refractivity contribution in [2.24, 2.45) is 11.7 Å². The van der Waals surface area contributed by atoms with Gasteiger partial charge in [-0.3, -0.25) is 4.79 Å². The number of likely N-dealkylation sites (N-methyl/N-ethyl adjacent to an activating group) is 1. The van der Waals surface area contributed by atoms with E-state index in [0.29, 0.717) is 18.9 Å². The standard InChI is InChI=1S/C15H22N2O2/c1-4-5-13(16)15(18)17(3)9-11-6-7-14(19-11)12-8-10(12)2/h4,6-7,10,12-13H,1,5,8-9,16H2,2-3H3. The monoisotopic (exact) mass is 262 g/mol. The van der Waals surface area contributed by atoms with E-state index in [0.717, 1.165) is 17.4 Å². The molecular weight excluding hydrogens is 240 g/mol. The molecule has 0 aliphatic heterocycles.